The monoisotopic (exact) mass is 139 g/mol. The first-order valence-corrected chi connectivity index (χ1v) is 3.54. The van der Waals surface area contributed by atoms with Crippen molar-refractivity contribution >= 4 is 0 Å². The molecule has 1 heteroatoms. The maximum absolute atomic E-state index is 3.90. The third-order valence-corrected chi connectivity index (χ3v) is 1.69. The average Bonchev–Trinajstić information content (AvgIpc) is 1.84. The molecule has 0 atom stereocenters. The van der Waals surface area contributed by atoms with E-state index in [0.717, 1.165) is 11.3 Å². The molecule has 0 aliphatic carbocycles. The summed E-state index contributed by atoms with van der Waals surface area (Å²) in [5.41, 5.74) is 2.06. The summed E-state index contributed by atoms with van der Waals surface area (Å²) in [6, 6.07) is 0.504. The second kappa shape index (κ2) is 3.45. The first-order chi connectivity index (χ1) is 4.46. The Morgan fingerprint density at radius 3 is 1.80 bits per heavy atom. The van der Waals surface area contributed by atoms with Crippen LogP contribution in [0.15, 0.2) is 24.4 Å². The third kappa shape index (κ3) is 2.26. The Balaban J connectivity index is 4.08. The van der Waals surface area contributed by atoms with Crippen molar-refractivity contribution in [2.45, 2.75) is 26.8 Å². The number of likely N-dealkylation sites (N-methyl/N-ethyl adjacent to an activating group) is 1. The Kier molecular flexibility index (Phi) is 3.20. The van der Waals surface area contributed by atoms with Gasteiger partial charge in [0.1, 0.15) is 0 Å². The quantitative estimate of drug-likeness (QED) is 0.543. The maximum atomic E-state index is 3.90. The van der Waals surface area contributed by atoms with Crippen LogP contribution in [0.25, 0.3) is 0 Å². The number of hydrogen-bond acceptors (Lipinski definition) is 1. The number of allylic oxidation sites excluding steroid dienone is 1. The molecule has 0 spiro atoms. The Morgan fingerprint density at radius 1 is 1.30 bits per heavy atom. The topological polar surface area (TPSA) is 3.24 Å². The van der Waals surface area contributed by atoms with E-state index in [2.05, 4.69) is 31.9 Å². The summed E-state index contributed by atoms with van der Waals surface area (Å²) in [6.07, 6.45) is 0. The minimum absolute atomic E-state index is 0.504. The van der Waals surface area contributed by atoms with Gasteiger partial charge >= 0.3 is 0 Å². The standard InChI is InChI=1S/C9H17N/c1-7(2)9(5)10(6)8(3)4/h8H,1,5H2,2-4,6H3. The Labute approximate surface area is 64.0 Å². The summed E-state index contributed by atoms with van der Waals surface area (Å²) in [7, 11) is 2.03. The Bertz CT molecular complexity index is 145. The molecule has 0 radical (unpaired) electrons. The summed E-state index contributed by atoms with van der Waals surface area (Å²) in [4.78, 5) is 2.11. The zero-order chi connectivity index (χ0) is 8.31. The van der Waals surface area contributed by atoms with E-state index in [4.69, 9.17) is 0 Å². The van der Waals surface area contributed by atoms with Crippen molar-refractivity contribution in [2.75, 3.05) is 7.05 Å². The van der Waals surface area contributed by atoms with E-state index >= 15 is 0 Å². The van der Waals surface area contributed by atoms with Gasteiger partial charge in [-0.3, -0.25) is 0 Å². The first-order valence-electron chi connectivity index (χ1n) is 3.54. The molecule has 0 bridgehead atoms. The zero-order valence-corrected chi connectivity index (χ0v) is 7.44. The van der Waals surface area contributed by atoms with Crippen LogP contribution in [0.2, 0.25) is 0 Å². The molecule has 1 nitrogen and oxygen atoms in total. The van der Waals surface area contributed by atoms with Crippen molar-refractivity contribution in [2.24, 2.45) is 0 Å². The fraction of sp³-hybridized carbons (Fsp3) is 0.556. The maximum Gasteiger partial charge on any atom is 0.0316 e. The largest absolute Gasteiger partial charge is 0.372 e. The lowest BCUT2D eigenvalue weighted by Gasteiger charge is -2.25. The highest BCUT2D eigenvalue weighted by Crippen LogP contribution is 2.10. The van der Waals surface area contributed by atoms with Gasteiger partial charge in [-0.25, -0.2) is 0 Å². The van der Waals surface area contributed by atoms with E-state index in [9.17, 15) is 0 Å². The molecule has 0 heterocycles. The van der Waals surface area contributed by atoms with E-state index in [-0.39, 0.29) is 0 Å². The van der Waals surface area contributed by atoms with Gasteiger partial charge in [-0.15, -0.1) is 0 Å². The minimum Gasteiger partial charge on any atom is -0.372 e. The molecule has 0 fully saturated rings. The van der Waals surface area contributed by atoms with Crippen molar-refractivity contribution in [3.63, 3.8) is 0 Å². The van der Waals surface area contributed by atoms with Crippen molar-refractivity contribution in [1.29, 1.82) is 0 Å². The first kappa shape index (κ1) is 9.28. The normalized spacial score (nSPS) is 9.70. The molecule has 0 amide bonds. The fourth-order valence-electron chi connectivity index (χ4n) is 0.613. The smallest absolute Gasteiger partial charge is 0.0316 e. The van der Waals surface area contributed by atoms with Gasteiger partial charge in [0.2, 0.25) is 0 Å². The van der Waals surface area contributed by atoms with E-state index < -0.39 is 0 Å². The van der Waals surface area contributed by atoms with E-state index in [0.29, 0.717) is 6.04 Å². The Hall–Kier alpha value is -0.720. The lowest BCUT2D eigenvalue weighted by molar-refractivity contribution is 0.352. The van der Waals surface area contributed by atoms with Gasteiger partial charge in [-0.1, -0.05) is 13.2 Å². The Morgan fingerprint density at radius 2 is 1.70 bits per heavy atom. The van der Waals surface area contributed by atoms with Crippen LogP contribution in [0, 0.1) is 0 Å². The van der Waals surface area contributed by atoms with E-state index in [1.807, 2.05) is 14.0 Å². The molecular weight excluding hydrogens is 122 g/mol. The molecule has 0 saturated heterocycles. The van der Waals surface area contributed by atoms with Gasteiger partial charge in [0.05, 0.1) is 0 Å². The minimum atomic E-state index is 0.504. The van der Waals surface area contributed by atoms with Crippen LogP contribution in [0.4, 0.5) is 0 Å². The molecule has 0 aromatic carbocycles. The lowest BCUT2D eigenvalue weighted by Crippen LogP contribution is -2.25. The summed E-state index contributed by atoms with van der Waals surface area (Å²) < 4.78 is 0. The second-order valence-electron chi connectivity index (χ2n) is 2.93. The van der Waals surface area contributed by atoms with Crippen LogP contribution in [0.3, 0.4) is 0 Å². The van der Waals surface area contributed by atoms with Crippen molar-refractivity contribution in [3.8, 4) is 0 Å². The summed E-state index contributed by atoms with van der Waals surface area (Å²) in [5, 5.41) is 0. The second-order valence-corrected chi connectivity index (χ2v) is 2.93. The molecule has 0 aliphatic rings. The highest BCUT2D eigenvalue weighted by atomic mass is 15.1. The van der Waals surface area contributed by atoms with Crippen LogP contribution >= 0.6 is 0 Å². The SMILES string of the molecule is C=C(C)C(=C)N(C)C(C)C. The summed E-state index contributed by atoms with van der Waals surface area (Å²) in [5.74, 6) is 0. The molecule has 0 aromatic rings. The molecule has 0 unspecified atom stereocenters. The van der Waals surface area contributed by atoms with E-state index in [1.165, 1.54) is 0 Å². The number of rotatable bonds is 3. The number of hydrogen-bond donors (Lipinski definition) is 0. The average molecular weight is 139 g/mol. The van der Waals surface area contributed by atoms with Crippen LogP contribution in [0.1, 0.15) is 20.8 Å². The van der Waals surface area contributed by atoms with Gasteiger partial charge in [0.15, 0.2) is 0 Å². The lowest BCUT2D eigenvalue weighted by atomic mass is 10.2. The van der Waals surface area contributed by atoms with Crippen molar-refractivity contribution < 1.29 is 0 Å². The molecule has 0 aromatic heterocycles. The highest BCUT2D eigenvalue weighted by molar-refractivity contribution is 5.21. The predicted octanol–water partition coefficient (Wildman–Crippen LogP) is 2.42. The summed E-state index contributed by atoms with van der Waals surface area (Å²) >= 11 is 0. The van der Waals surface area contributed by atoms with Gasteiger partial charge in [-0.2, -0.15) is 0 Å². The van der Waals surface area contributed by atoms with Gasteiger partial charge in [0, 0.05) is 18.8 Å². The highest BCUT2D eigenvalue weighted by Gasteiger charge is 2.04. The van der Waals surface area contributed by atoms with Crippen molar-refractivity contribution in [3.05, 3.63) is 24.4 Å². The fourth-order valence-corrected chi connectivity index (χ4v) is 0.613. The molecular formula is C9H17N. The van der Waals surface area contributed by atoms with Gasteiger partial charge in [-0.05, 0) is 26.3 Å². The van der Waals surface area contributed by atoms with Crippen LogP contribution in [0.5, 0.6) is 0 Å². The summed E-state index contributed by atoms with van der Waals surface area (Å²) in [6.45, 7) is 14.0. The molecule has 0 aliphatic heterocycles. The number of nitrogens with zero attached hydrogens (tertiary/aromatic N) is 1. The van der Waals surface area contributed by atoms with E-state index in [1.54, 1.807) is 0 Å². The van der Waals surface area contributed by atoms with Gasteiger partial charge < -0.3 is 4.90 Å². The predicted molar refractivity (Wildman–Crippen MR) is 46.9 cm³/mol. The van der Waals surface area contributed by atoms with Crippen molar-refractivity contribution in [1.82, 2.24) is 4.90 Å². The van der Waals surface area contributed by atoms with Crippen LogP contribution in [-0.4, -0.2) is 18.0 Å². The zero-order valence-electron chi connectivity index (χ0n) is 7.44. The van der Waals surface area contributed by atoms with Crippen LogP contribution < -0.4 is 0 Å². The molecule has 10 heavy (non-hydrogen) atoms. The van der Waals surface area contributed by atoms with Crippen LogP contribution in [-0.2, 0) is 0 Å². The van der Waals surface area contributed by atoms with Gasteiger partial charge in [0.25, 0.3) is 0 Å². The molecule has 0 N–H and O–H groups in total. The third-order valence-electron chi connectivity index (χ3n) is 1.69. The molecule has 0 saturated carbocycles. The molecule has 0 rings (SSSR count). The molecule has 58 valence electrons.